The van der Waals surface area contributed by atoms with Crippen LogP contribution < -0.4 is 5.32 Å². The number of carbonyl (C=O) groups is 1. The van der Waals surface area contributed by atoms with Gasteiger partial charge >= 0.3 is 5.97 Å². The van der Waals surface area contributed by atoms with Crippen LogP contribution in [0.5, 0.6) is 0 Å². The summed E-state index contributed by atoms with van der Waals surface area (Å²) in [6.45, 7) is 3.99. The van der Waals surface area contributed by atoms with Gasteiger partial charge < -0.3 is 10.1 Å². The number of esters is 1. The number of benzene rings is 1. The number of carbonyl (C=O) groups excluding carboxylic acids is 1. The zero-order valence-electron chi connectivity index (χ0n) is 15.0. The first-order valence-electron chi connectivity index (χ1n) is 8.81. The fraction of sp³-hybridized carbons (Fsp3) is 0.500. The van der Waals surface area contributed by atoms with Crippen molar-refractivity contribution in [3.63, 3.8) is 0 Å². The van der Waals surface area contributed by atoms with E-state index in [9.17, 15) is 13.2 Å². The minimum atomic E-state index is -3.53. The number of thiophene rings is 1. The van der Waals surface area contributed by atoms with Gasteiger partial charge in [-0.2, -0.15) is 4.31 Å². The van der Waals surface area contributed by atoms with Gasteiger partial charge in [-0.15, -0.1) is 11.3 Å². The number of ether oxygens (including phenoxy) is 1. The minimum absolute atomic E-state index is 0.281. The molecule has 0 radical (unpaired) electrons. The van der Waals surface area contributed by atoms with Crippen molar-refractivity contribution in [3.05, 3.63) is 29.1 Å². The van der Waals surface area contributed by atoms with Crippen LogP contribution in [0.1, 0.15) is 29.4 Å². The third-order valence-corrected chi connectivity index (χ3v) is 7.53. The molecule has 26 heavy (non-hydrogen) atoms. The van der Waals surface area contributed by atoms with E-state index in [0.717, 1.165) is 29.5 Å². The van der Waals surface area contributed by atoms with E-state index in [1.54, 1.807) is 35.5 Å². The Morgan fingerprint density at radius 1 is 1.38 bits per heavy atom. The lowest BCUT2D eigenvalue weighted by atomic mass is 10.00. The van der Waals surface area contributed by atoms with Crippen LogP contribution in [-0.4, -0.2) is 52.0 Å². The summed E-state index contributed by atoms with van der Waals surface area (Å²) in [5, 5.41) is 3.89. The molecule has 1 aliphatic rings. The summed E-state index contributed by atoms with van der Waals surface area (Å²) in [5.74, 6) is -0.0344. The van der Waals surface area contributed by atoms with Gasteiger partial charge in [0.15, 0.2) is 0 Å². The summed E-state index contributed by atoms with van der Waals surface area (Å²) in [6.07, 6.45) is 1.92. The van der Waals surface area contributed by atoms with Crippen molar-refractivity contribution in [2.75, 3.05) is 33.3 Å². The van der Waals surface area contributed by atoms with E-state index in [1.165, 1.54) is 11.3 Å². The van der Waals surface area contributed by atoms with E-state index < -0.39 is 10.0 Å². The van der Waals surface area contributed by atoms with Crippen LogP contribution in [0.2, 0.25) is 0 Å². The molecular weight excluding hydrogens is 372 g/mol. The number of nitrogens with zero attached hydrogens (tertiary/aromatic N) is 1. The van der Waals surface area contributed by atoms with Crippen LogP contribution in [0.3, 0.4) is 0 Å². The number of piperidine rings is 1. The van der Waals surface area contributed by atoms with Crippen LogP contribution in [0.25, 0.3) is 10.1 Å². The maximum Gasteiger partial charge on any atom is 0.348 e. The number of fused-ring (bicyclic) bond motifs is 1. The molecule has 1 saturated heterocycles. The Bertz CT molecular complexity index is 890. The monoisotopic (exact) mass is 396 g/mol. The van der Waals surface area contributed by atoms with Crippen molar-refractivity contribution >= 4 is 37.4 Å². The molecule has 0 aliphatic carbocycles. The second-order valence-corrected chi connectivity index (χ2v) is 9.48. The number of hydrogen-bond donors (Lipinski definition) is 1. The van der Waals surface area contributed by atoms with Crippen LogP contribution in [-0.2, 0) is 14.8 Å². The van der Waals surface area contributed by atoms with Crippen molar-refractivity contribution in [2.45, 2.75) is 24.7 Å². The summed E-state index contributed by atoms with van der Waals surface area (Å²) in [6, 6.07) is 6.76. The second-order valence-electron chi connectivity index (χ2n) is 6.46. The maximum absolute atomic E-state index is 13.0. The van der Waals surface area contributed by atoms with Gasteiger partial charge in [-0.05, 0) is 68.9 Å². The van der Waals surface area contributed by atoms with Gasteiger partial charge in [0.25, 0.3) is 0 Å². The highest BCUT2D eigenvalue weighted by atomic mass is 32.2. The van der Waals surface area contributed by atoms with E-state index in [-0.39, 0.29) is 10.9 Å². The van der Waals surface area contributed by atoms with Crippen molar-refractivity contribution in [1.29, 1.82) is 0 Å². The first-order chi connectivity index (χ1) is 12.5. The average molecular weight is 397 g/mol. The van der Waals surface area contributed by atoms with Gasteiger partial charge in [-0.1, -0.05) is 0 Å². The lowest BCUT2D eigenvalue weighted by Gasteiger charge is -2.31. The molecule has 1 unspecified atom stereocenters. The molecule has 1 fully saturated rings. The topological polar surface area (TPSA) is 75.7 Å². The summed E-state index contributed by atoms with van der Waals surface area (Å²) in [5.41, 5.74) is 0. The summed E-state index contributed by atoms with van der Waals surface area (Å²) in [4.78, 5) is 12.7. The zero-order chi connectivity index (χ0) is 18.7. The first kappa shape index (κ1) is 19.3. The molecule has 142 valence electrons. The second kappa shape index (κ2) is 8.04. The predicted molar refractivity (Wildman–Crippen MR) is 103 cm³/mol. The predicted octanol–water partition coefficient (Wildman–Crippen LogP) is 2.70. The molecule has 0 amide bonds. The van der Waals surface area contributed by atoms with Gasteiger partial charge in [0.05, 0.1) is 11.5 Å². The Balaban J connectivity index is 1.87. The van der Waals surface area contributed by atoms with Gasteiger partial charge in [-0.3, -0.25) is 0 Å². The fourth-order valence-electron chi connectivity index (χ4n) is 3.33. The SMILES string of the molecule is CCOC(=O)c1cc2cc(S(=O)(=O)N3CCCC(CNC)C3)ccc2s1. The van der Waals surface area contributed by atoms with Crippen molar-refractivity contribution in [3.8, 4) is 0 Å². The minimum Gasteiger partial charge on any atom is -0.462 e. The highest BCUT2D eigenvalue weighted by Crippen LogP contribution is 2.30. The normalized spacial score (nSPS) is 18.9. The smallest absolute Gasteiger partial charge is 0.348 e. The zero-order valence-corrected chi connectivity index (χ0v) is 16.7. The molecule has 1 aromatic heterocycles. The van der Waals surface area contributed by atoms with Crippen molar-refractivity contribution < 1.29 is 17.9 Å². The van der Waals surface area contributed by atoms with E-state index in [2.05, 4.69) is 5.32 Å². The Hall–Kier alpha value is -1.48. The molecule has 1 atom stereocenters. The molecule has 0 spiro atoms. The maximum atomic E-state index is 13.0. The van der Waals surface area contributed by atoms with E-state index in [0.29, 0.717) is 30.5 Å². The molecule has 1 aliphatic heterocycles. The molecule has 0 bridgehead atoms. The molecule has 6 nitrogen and oxygen atoms in total. The van der Waals surface area contributed by atoms with Crippen LogP contribution >= 0.6 is 11.3 Å². The standard InChI is InChI=1S/C18H24N2O4S2/c1-3-24-18(21)17-10-14-9-15(6-7-16(14)25-17)26(22,23)20-8-4-5-13(12-20)11-19-2/h6-7,9-10,13,19H,3-5,8,11-12H2,1-2H3. The van der Waals surface area contributed by atoms with Gasteiger partial charge in [0.1, 0.15) is 4.88 Å². The van der Waals surface area contributed by atoms with E-state index in [4.69, 9.17) is 4.74 Å². The third kappa shape index (κ3) is 3.93. The highest BCUT2D eigenvalue weighted by molar-refractivity contribution is 7.89. The molecule has 2 aromatic rings. The van der Waals surface area contributed by atoms with Gasteiger partial charge in [-0.25, -0.2) is 13.2 Å². The molecule has 3 rings (SSSR count). The summed E-state index contributed by atoms with van der Waals surface area (Å²) < 4.78 is 33.6. The summed E-state index contributed by atoms with van der Waals surface area (Å²) >= 11 is 1.32. The lowest BCUT2D eigenvalue weighted by Crippen LogP contribution is -2.42. The molecule has 1 aromatic carbocycles. The first-order valence-corrected chi connectivity index (χ1v) is 11.1. The van der Waals surface area contributed by atoms with Crippen molar-refractivity contribution in [1.82, 2.24) is 9.62 Å². The Morgan fingerprint density at radius 2 is 2.19 bits per heavy atom. The quantitative estimate of drug-likeness (QED) is 0.760. The Kier molecular flexibility index (Phi) is 5.96. The lowest BCUT2D eigenvalue weighted by molar-refractivity contribution is 0.0532. The highest BCUT2D eigenvalue weighted by Gasteiger charge is 2.30. The van der Waals surface area contributed by atoms with Crippen molar-refractivity contribution in [2.24, 2.45) is 5.92 Å². The molecule has 0 saturated carbocycles. The largest absolute Gasteiger partial charge is 0.462 e. The number of rotatable bonds is 6. The molecule has 1 N–H and O–H groups in total. The number of hydrogen-bond acceptors (Lipinski definition) is 6. The van der Waals surface area contributed by atoms with Crippen LogP contribution in [0, 0.1) is 5.92 Å². The molecule has 2 heterocycles. The van der Waals surface area contributed by atoms with E-state index >= 15 is 0 Å². The fourth-order valence-corrected chi connectivity index (χ4v) is 5.86. The number of sulfonamides is 1. The van der Waals surface area contributed by atoms with Crippen LogP contribution in [0.4, 0.5) is 0 Å². The Morgan fingerprint density at radius 3 is 2.92 bits per heavy atom. The average Bonchev–Trinajstić information content (AvgIpc) is 3.06. The van der Waals surface area contributed by atoms with Gasteiger partial charge in [0, 0.05) is 17.8 Å². The van der Waals surface area contributed by atoms with Crippen LogP contribution in [0.15, 0.2) is 29.2 Å². The molecule has 8 heteroatoms. The third-order valence-electron chi connectivity index (χ3n) is 4.58. The Labute approximate surface area is 158 Å². The summed E-state index contributed by atoms with van der Waals surface area (Å²) in [7, 11) is -1.64. The van der Waals surface area contributed by atoms with E-state index in [1.807, 2.05) is 7.05 Å². The van der Waals surface area contributed by atoms with Gasteiger partial charge in [0.2, 0.25) is 10.0 Å². The molecular formula is C18H24N2O4S2. The number of nitrogens with one attached hydrogen (secondary N) is 1.